The van der Waals surface area contributed by atoms with E-state index in [1.165, 1.54) is 0 Å². The van der Waals surface area contributed by atoms with Crippen LogP contribution in [0, 0.1) is 0 Å². The Balaban J connectivity index is 2.05. The summed E-state index contributed by atoms with van der Waals surface area (Å²) in [5.74, 6) is -1.17. The fourth-order valence-electron chi connectivity index (χ4n) is 3.13. The first-order chi connectivity index (χ1) is 12.0. The second kappa shape index (κ2) is 9.82. The molecule has 2 rings (SSSR count). The molecule has 1 aromatic carbocycles. The number of aliphatic carboxylic acids is 1. The molecule has 2 unspecified atom stereocenters. The highest BCUT2D eigenvalue weighted by Gasteiger charge is 2.27. The molecular formula is C19H27NO4S. The number of benzene rings is 1. The fourth-order valence-corrected chi connectivity index (χ4v) is 3.54. The molecule has 25 heavy (non-hydrogen) atoms. The summed E-state index contributed by atoms with van der Waals surface area (Å²) in [5.41, 5.74) is 0.796. The first-order valence-corrected chi connectivity index (χ1v) is 10.1. The van der Waals surface area contributed by atoms with Gasteiger partial charge < -0.3 is 15.2 Å². The maximum absolute atomic E-state index is 12.6. The van der Waals surface area contributed by atoms with E-state index in [2.05, 4.69) is 5.32 Å². The molecule has 1 amide bonds. The molecule has 1 fully saturated rings. The summed E-state index contributed by atoms with van der Waals surface area (Å²) < 4.78 is 5.94. The van der Waals surface area contributed by atoms with Crippen LogP contribution in [0.3, 0.4) is 0 Å². The Kier molecular flexibility index (Phi) is 7.78. The van der Waals surface area contributed by atoms with Crippen molar-refractivity contribution in [2.24, 2.45) is 0 Å². The van der Waals surface area contributed by atoms with Gasteiger partial charge in [0.15, 0.2) is 0 Å². The van der Waals surface area contributed by atoms with Crippen molar-refractivity contribution in [3.8, 4) is 0 Å². The van der Waals surface area contributed by atoms with E-state index in [1.54, 1.807) is 11.8 Å². The summed E-state index contributed by atoms with van der Waals surface area (Å²) in [5, 5.41) is 12.1. The van der Waals surface area contributed by atoms with Crippen LogP contribution in [0.2, 0.25) is 0 Å². The van der Waals surface area contributed by atoms with Gasteiger partial charge in [0.2, 0.25) is 5.91 Å². The third-order valence-corrected chi connectivity index (χ3v) is 5.28. The Labute approximate surface area is 153 Å². The zero-order chi connectivity index (χ0) is 18.2. The zero-order valence-electron chi connectivity index (χ0n) is 14.9. The first kappa shape index (κ1) is 19.8. The molecule has 0 bridgehead atoms. The van der Waals surface area contributed by atoms with E-state index >= 15 is 0 Å². The van der Waals surface area contributed by atoms with Gasteiger partial charge in [-0.2, -0.15) is 0 Å². The van der Waals surface area contributed by atoms with Crippen LogP contribution in [0.4, 0.5) is 0 Å². The lowest BCUT2D eigenvalue weighted by Crippen LogP contribution is -2.40. The number of carboxylic acid groups (broad SMARTS) is 1. The number of carboxylic acids is 1. The van der Waals surface area contributed by atoms with Crippen molar-refractivity contribution < 1.29 is 19.4 Å². The number of rotatable bonds is 9. The molecule has 6 heteroatoms. The molecule has 1 saturated carbocycles. The Hall–Kier alpha value is -1.53. The fraction of sp³-hybridized carbons (Fsp3) is 0.579. The Bertz CT molecular complexity index is 569. The molecule has 1 aliphatic rings. The average Bonchev–Trinajstić information content (AvgIpc) is 3.11. The van der Waals surface area contributed by atoms with Gasteiger partial charge in [-0.15, -0.1) is 11.8 Å². The molecule has 138 valence electrons. The highest BCUT2D eigenvalue weighted by Crippen LogP contribution is 2.24. The second-order valence-corrected chi connectivity index (χ2v) is 7.25. The van der Waals surface area contributed by atoms with Gasteiger partial charge in [0.05, 0.1) is 18.6 Å². The van der Waals surface area contributed by atoms with E-state index < -0.39 is 18.1 Å². The number of ether oxygens (including phenoxy) is 1. The van der Waals surface area contributed by atoms with E-state index in [1.807, 2.05) is 37.4 Å². The summed E-state index contributed by atoms with van der Waals surface area (Å²) >= 11 is 1.62. The number of hydrogen-bond acceptors (Lipinski definition) is 4. The Morgan fingerprint density at radius 1 is 1.28 bits per heavy atom. The quantitative estimate of drug-likeness (QED) is 0.651. The molecule has 2 N–H and O–H groups in total. The Morgan fingerprint density at radius 3 is 2.44 bits per heavy atom. The van der Waals surface area contributed by atoms with Crippen molar-refractivity contribution in [2.75, 3.05) is 6.26 Å². The van der Waals surface area contributed by atoms with E-state index in [-0.39, 0.29) is 18.4 Å². The third kappa shape index (κ3) is 6.04. The van der Waals surface area contributed by atoms with Crippen LogP contribution in [0.1, 0.15) is 57.1 Å². The van der Waals surface area contributed by atoms with E-state index in [0.29, 0.717) is 6.42 Å². The molecular weight excluding hydrogens is 338 g/mol. The topological polar surface area (TPSA) is 75.6 Å². The van der Waals surface area contributed by atoms with Gasteiger partial charge in [-0.3, -0.25) is 9.59 Å². The molecule has 2 atom stereocenters. The summed E-state index contributed by atoms with van der Waals surface area (Å²) in [6.07, 6.45) is 6.32. The number of carbonyl (C=O) groups is 2. The molecule has 0 radical (unpaired) electrons. The van der Waals surface area contributed by atoms with Crippen molar-refractivity contribution in [3.63, 3.8) is 0 Å². The van der Waals surface area contributed by atoms with Gasteiger partial charge >= 0.3 is 5.97 Å². The lowest BCUT2D eigenvalue weighted by molar-refractivity contribution is -0.140. The van der Waals surface area contributed by atoms with Gasteiger partial charge in [-0.25, -0.2) is 0 Å². The highest BCUT2D eigenvalue weighted by atomic mass is 32.2. The van der Waals surface area contributed by atoms with Gasteiger partial charge in [-0.1, -0.05) is 31.9 Å². The van der Waals surface area contributed by atoms with Gasteiger partial charge in [0.1, 0.15) is 6.10 Å². The largest absolute Gasteiger partial charge is 0.481 e. The maximum atomic E-state index is 12.6. The van der Waals surface area contributed by atoms with Crippen LogP contribution in [-0.4, -0.2) is 35.4 Å². The number of amides is 1. The van der Waals surface area contributed by atoms with Crippen LogP contribution >= 0.6 is 11.8 Å². The van der Waals surface area contributed by atoms with E-state index in [9.17, 15) is 14.7 Å². The standard InChI is InChI=1S/C19H27NO4S/c1-3-17(24-14-6-4-5-7-14)19(23)20-16(12-18(21)22)13-8-10-15(25-2)11-9-13/h8-11,14,16-17H,3-7,12H2,1-2H3,(H,20,23)(H,21,22). The molecule has 1 aliphatic carbocycles. The molecule has 0 aromatic heterocycles. The van der Waals surface area contributed by atoms with Crippen LogP contribution in [0.15, 0.2) is 29.2 Å². The molecule has 5 nitrogen and oxygen atoms in total. The normalized spacial score (nSPS) is 17.2. The summed E-state index contributed by atoms with van der Waals surface area (Å²) in [4.78, 5) is 24.9. The predicted octanol–water partition coefficient (Wildman–Crippen LogP) is 3.78. The van der Waals surface area contributed by atoms with Gasteiger partial charge in [0.25, 0.3) is 0 Å². The SMILES string of the molecule is CCC(OC1CCCC1)C(=O)NC(CC(=O)O)c1ccc(SC)cc1. The summed E-state index contributed by atoms with van der Waals surface area (Å²) in [6.45, 7) is 1.92. The van der Waals surface area contributed by atoms with E-state index in [0.717, 1.165) is 36.1 Å². The van der Waals surface area contributed by atoms with Crippen molar-refractivity contribution in [3.05, 3.63) is 29.8 Å². The average molecular weight is 365 g/mol. The van der Waals surface area contributed by atoms with Gasteiger partial charge in [0, 0.05) is 4.90 Å². The van der Waals surface area contributed by atoms with Crippen molar-refractivity contribution in [1.82, 2.24) is 5.32 Å². The van der Waals surface area contributed by atoms with E-state index in [4.69, 9.17) is 4.74 Å². The predicted molar refractivity (Wildman–Crippen MR) is 98.8 cm³/mol. The number of carbonyl (C=O) groups excluding carboxylic acids is 1. The molecule has 0 spiro atoms. The Morgan fingerprint density at radius 2 is 1.92 bits per heavy atom. The third-order valence-electron chi connectivity index (χ3n) is 4.54. The zero-order valence-corrected chi connectivity index (χ0v) is 15.7. The molecule has 0 saturated heterocycles. The maximum Gasteiger partial charge on any atom is 0.305 e. The minimum Gasteiger partial charge on any atom is -0.481 e. The molecule has 0 aliphatic heterocycles. The second-order valence-electron chi connectivity index (χ2n) is 6.37. The summed E-state index contributed by atoms with van der Waals surface area (Å²) in [7, 11) is 0. The monoisotopic (exact) mass is 365 g/mol. The number of nitrogens with one attached hydrogen (secondary N) is 1. The first-order valence-electron chi connectivity index (χ1n) is 8.85. The highest BCUT2D eigenvalue weighted by molar-refractivity contribution is 7.98. The lowest BCUT2D eigenvalue weighted by Gasteiger charge is -2.24. The summed E-state index contributed by atoms with van der Waals surface area (Å²) in [6, 6.07) is 7.07. The van der Waals surface area contributed by atoms with Crippen LogP contribution < -0.4 is 5.32 Å². The number of hydrogen-bond donors (Lipinski definition) is 2. The van der Waals surface area contributed by atoms with Crippen LogP contribution in [-0.2, 0) is 14.3 Å². The van der Waals surface area contributed by atoms with Crippen LogP contribution in [0.5, 0.6) is 0 Å². The van der Waals surface area contributed by atoms with Crippen LogP contribution in [0.25, 0.3) is 0 Å². The minimum atomic E-state index is -0.941. The molecule has 0 heterocycles. The molecule has 1 aromatic rings. The van der Waals surface area contributed by atoms with Crippen molar-refractivity contribution >= 4 is 23.6 Å². The lowest BCUT2D eigenvalue weighted by atomic mass is 10.0. The smallest absolute Gasteiger partial charge is 0.305 e. The van der Waals surface area contributed by atoms with Crippen molar-refractivity contribution in [1.29, 1.82) is 0 Å². The number of thioether (sulfide) groups is 1. The van der Waals surface area contributed by atoms with Crippen molar-refractivity contribution in [2.45, 2.75) is 68.6 Å². The minimum absolute atomic E-state index is 0.148. The van der Waals surface area contributed by atoms with Gasteiger partial charge in [-0.05, 0) is 43.2 Å².